The van der Waals surface area contributed by atoms with E-state index in [1.54, 1.807) is 4.90 Å². The first-order valence-electron chi connectivity index (χ1n) is 7.33. The molecule has 1 saturated heterocycles. The molecule has 1 fully saturated rings. The normalized spacial score (nSPS) is 17.8. The van der Waals surface area contributed by atoms with E-state index in [-0.39, 0.29) is 28.6 Å². The Morgan fingerprint density at radius 3 is 2.83 bits per heavy atom. The van der Waals surface area contributed by atoms with Crippen molar-refractivity contribution in [1.82, 2.24) is 4.90 Å². The number of halogens is 1. The van der Waals surface area contributed by atoms with Crippen molar-refractivity contribution in [2.75, 3.05) is 13.1 Å². The van der Waals surface area contributed by atoms with Crippen molar-refractivity contribution in [3.05, 3.63) is 38.9 Å². The molecule has 1 aromatic carbocycles. The summed E-state index contributed by atoms with van der Waals surface area (Å²) in [6.07, 6.45) is 2.19. The highest BCUT2D eigenvalue weighted by Crippen LogP contribution is 2.27. The maximum atomic E-state index is 12.6. The van der Waals surface area contributed by atoms with Crippen LogP contribution in [0, 0.1) is 16.0 Å². The Morgan fingerprint density at radius 2 is 2.17 bits per heavy atom. The van der Waals surface area contributed by atoms with Gasteiger partial charge in [-0.2, -0.15) is 0 Å². The lowest BCUT2D eigenvalue weighted by molar-refractivity contribution is -0.385. The fraction of sp³-hybridized carbons (Fsp3) is 0.467. The third kappa shape index (κ3) is 4.41. The standard InChI is InChI=1S/C15H17ClN2O5/c16-11-4-5-12(13(8-11)18(22)23)15(21)17-7-1-2-10(9-17)3-6-14(19)20/h4-5,8,10H,1-3,6-7,9H2,(H,19,20). The van der Waals surface area contributed by atoms with Crippen LogP contribution in [0.3, 0.4) is 0 Å². The molecular weight excluding hydrogens is 324 g/mol. The van der Waals surface area contributed by atoms with Crippen LogP contribution in [-0.4, -0.2) is 39.9 Å². The summed E-state index contributed by atoms with van der Waals surface area (Å²) in [7, 11) is 0. The van der Waals surface area contributed by atoms with Crippen LogP contribution in [0.4, 0.5) is 5.69 Å². The number of aliphatic carboxylic acids is 1. The van der Waals surface area contributed by atoms with Crippen molar-refractivity contribution < 1.29 is 19.6 Å². The molecule has 1 aromatic rings. The molecule has 1 aliphatic rings. The van der Waals surface area contributed by atoms with E-state index in [1.807, 2.05) is 0 Å². The number of carboxylic acids is 1. The summed E-state index contributed by atoms with van der Waals surface area (Å²) >= 11 is 5.76. The Bertz CT molecular complexity index is 634. The van der Waals surface area contributed by atoms with Gasteiger partial charge in [0.25, 0.3) is 11.6 Å². The Labute approximate surface area is 138 Å². The lowest BCUT2D eigenvalue weighted by atomic mass is 9.93. The monoisotopic (exact) mass is 340 g/mol. The SMILES string of the molecule is O=C(O)CCC1CCCN(C(=O)c2ccc(Cl)cc2[N+](=O)[O-])C1. The number of hydrogen-bond acceptors (Lipinski definition) is 4. The molecule has 1 N–H and O–H groups in total. The number of nitrogens with zero attached hydrogens (tertiary/aromatic N) is 2. The summed E-state index contributed by atoms with van der Waals surface area (Å²) in [4.78, 5) is 35.3. The number of likely N-dealkylation sites (tertiary alicyclic amines) is 1. The first-order chi connectivity index (χ1) is 10.9. The lowest BCUT2D eigenvalue weighted by Crippen LogP contribution is -2.40. The Hall–Kier alpha value is -2.15. The van der Waals surface area contributed by atoms with Crippen LogP contribution in [-0.2, 0) is 4.79 Å². The number of nitro benzene ring substituents is 1. The van der Waals surface area contributed by atoms with Crippen molar-refractivity contribution in [1.29, 1.82) is 0 Å². The number of nitro groups is 1. The third-order valence-electron chi connectivity index (χ3n) is 3.96. The minimum atomic E-state index is -0.859. The van der Waals surface area contributed by atoms with Crippen LogP contribution in [0.15, 0.2) is 18.2 Å². The van der Waals surface area contributed by atoms with E-state index in [4.69, 9.17) is 16.7 Å². The van der Waals surface area contributed by atoms with E-state index < -0.39 is 16.8 Å². The van der Waals surface area contributed by atoms with Gasteiger partial charge >= 0.3 is 5.97 Å². The average molecular weight is 341 g/mol. The second-order valence-corrected chi connectivity index (χ2v) is 6.05. The summed E-state index contributed by atoms with van der Waals surface area (Å²) < 4.78 is 0. The first kappa shape index (κ1) is 17.2. The summed E-state index contributed by atoms with van der Waals surface area (Å²) in [6, 6.07) is 3.98. The van der Waals surface area contributed by atoms with Gasteiger partial charge in [0.1, 0.15) is 5.56 Å². The molecule has 124 valence electrons. The molecule has 0 radical (unpaired) electrons. The van der Waals surface area contributed by atoms with E-state index >= 15 is 0 Å². The summed E-state index contributed by atoms with van der Waals surface area (Å²) in [6.45, 7) is 0.939. The van der Waals surface area contributed by atoms with Crippen molar-refractivity contribution in [3.8, 4) is 0 Å². The first-order valence-corrected chi connectivity index (χ1v) is 7.71. The summed E-state index contributed by atoms with van der Waals surface area (Å²) in [5.74, 6) is -1.16. The van der Waals surface area contributed by atoms with E-state index in [0.717, 1.165) is 12.8 Å². The number of carbonyl (C=O) groups excluding carboxylic acids is 1. The van der Waals surface area contributed by atoms with Gasteiger partial charge in [-0.3, -0.25) is 19.7 Å². The van der Waals surface area contributed by atoms with Crippen molar-refractivity contribution >= 4 is 29.2 Å². The molecule has 1 atom stereocenters. The quantitative estimate of drug-likeness (QED) is 0.656. The lowest BCUT2D eigenvalue weighted by Gasteiger charge is -2.32. The van der Waals surface area contributed by atoms with Gasteiger partial charge in [0, 0.05) is 30.6 Å². The predicted octanol–water partition coefficient (Wildman–Crippen LogP) is 2.97. The van der Waals surface area contributed by atoms with Gasteiger partial charge in [0.05, 0.1) is 4.92 Å². The molecule has 23 heavy (non-hydrogen) atoms. The van der Waals surface area contributed by atoms with E-state index in [0.29, 0.717) is 19.5 Å². The molecule has 0 spiro atoms. The Balaban J connectivity index is 2.13. The van der Waals surface area contributed by atoms with Gasteiger partial charge < -0.3 is 10.0 Å². The zero-order valence-corrected chi connectivity index (χ0v) is 13.2. The highest BCUT2D eigenvalue weighted by Gasteiger charge is 2.29. The molecule has 2 rings (SSSR count). The molecule has 7 nitrogen and oxygen atoms in total. The van der Waals surface area contributed by atoms with Gasteiger partial charge in [0.15, 0.2) is 0 Å². The summed E-state index contributed by atoms with van der Waals surface area (Å²) in [5.41, 5.74) is -0.298. The summed E-state index contributed by atoms with van der Waals surface area (Å²) in [5, 5.41) is 20.1. The largest absolute Gasteiger partial charge is 0.481 e. The van der Waals surface area contributed by atoms with Gasteiger partial charge in [-0.25, -0.2) is 0 Å². The highest BCUT2D eigenvalue weighted by atomic mass is 35.5. The van der Waals surface area contributed by atoms with Crippen LogP contribution in [0.5, 0.6) is 0 Å². The van der Waals surface area contributed by atoms with E-state index in [2.05, 4.69) is 0 Å². The number of carboxylic acid groups (broad SMARTS) is 1. The molecule has 0 bridgehead atoms. The van der Waals surface area contributed by atoms with Crippen molar-refractivity contribution in [3.63, 3.8) is 0 Å². The number of hydrogen-bond donors (Lipinski definition) is 1. The number of piperidine rings is 1. The zero-order valence-electron chi connectivity index (χ0n) is 12.4. The molecule has 0 saturated carbocycles. The second kappa shape index (κ2) is 7.41. The molecule has 0 aromatic heterocycles. The molecule has 1 heterocycles. The zero-order chi connectivity index (χ0) is 17.0. The van der Waals surface area contributed by atoms with Gasteiger partial charge in [-0.1, -0.05) is 11.6 Å². The third-order valence-corrected chi connectivity index (χ3v) is 4.19. The highest BCUT2D eigenvalue weighted by molar-refractivity contribution is 6.31. The smallest absolute Gasteiger partial charge is 0.303 e. The number of amides is 1. The average Bonchev–Trinajstić information content (AvgIpc) is 2.52. The predicted molar refractivity (Wildman–Crippen MR) is 83.6 cm³/mol. The van der Waals surface area contributed by atoms with Gasteiger partial charge in [-0.05, 0) is 37.3 Å². The van der Waals surface area contributed by atoms with Gasteiger partial charge in [0.2, 0.25) is 0 Å². The van der Waals surface area contributed by atoms with Crippen LogP contribution in [0.1, 0.15) is 36.0 Å². The Kier molecular flexibility index (Phi) is 5.54. The molecule has 1 aliphatic heterocycles. The molecular formula is C15H17ClN2O5. The minimum absolute atomic E-state index is 0.0123. The minimum Gasteiger partial charge on any atom is -0.481 e. The van der Waals surface area contributed by atoms with Crippen LogP contribution in [0.25, 0.3) is 0 Å². The van der Waals surface area contributed by atoms with E-state index in [1.165, 1.54) is 18.2 Å². The van der Waals surface area contributed by atoms with E-state index in [9.17, 15) is 19.7 Å². The maximum absolute atomic E-state index is 12.6. The topological polar surface area (TPSA) is 101 Å². The number of benzene rings is 1. The molecule has 1 unspecified atom stereocenters. The number of rotatable bonds is 5. The van der Waals surface area contributed by atoms with Gasteiger partial charge in [-0.15, -0.1) is 0 Å². The molecule has 1 amide bonds. The fourth-order valence-electron chi connectivity index (χ4n) is 2.82. The number of carbonyl (C=O) groups is 2. The van der Waals surface area contributed by atoms with Crippen LogP contribution in [0.2, 0.25) is 5.02 Å². The van der Waals surface area contributed by atoms with Crippen LogP contribution >= 0.6 is 11.6 Å². The Morgan fingerprint density at radius 1 is 1.43 bits per heavy atom. The van der Waals surface area contributed by atoms with Crippen molar-refractivity contribution in [2.24, 2.45) is 5.92 Å². The second-order valence-electron chi connectivity index (χ2n) is 5.61. The molecule has 8 heteroatoms. The maximum Gasteiger partial charge on any atom is 0.303 e. The van der Waals surface area contributed by atoms with Crippen LogP contribution < -0.4 is 0 Å². The van der Waals surface area contributed by atoms with Crippen molar-refractivity contribution in [2.45, 2.75) is 25.7 Å². The fourth-order valence-corrected chi connectivity index (χ4v) is 2.99. The molecule has 0 aliphatic carbocycles.